The Hall–Kier alpha value is -6.69. The molecule has 11 heteroatoms. The molecule has 0 saturated carbocycles. The first kappa shape index (κ1) is 32.0. The molecule has 10 nitrogen and oxygen atoms in total. The number of ether oxygens (including phenoxy) is 1. The van der Waals surface area contributed by atoms with Crippen LogP contribution in [0.25, 0.3) is 21.7 Å². The van der Waals surface area contributed by atoms with Gasteiger partial charge in [0.05, 0.1) is 40.2 Å². The van der Waals surface area contributed by atoms with Crippen LogP contribution in [0.3, 0.4) is 0 Å². The van der Waals surface area contributed by atoms with Gasteiger partial charge in [0, 0.05) is 59.0 Å². The molecule has 1 aliphatic heterocycles. The highest BCUT2D eigenvalue weighted by molar-refractivity contribution is 7.10. The lowest BCUT2D eigenvalue weighted by atomic mass is 9.49. The molecule has 0 spiro atoms. The molecule has 258 valence electrons. The van der Waals surface area contributed by atoms with Gasteiger partial charge in [-0.1, -0.05) is 60.7 Å². The van der Waals surface area contributed by atoms with Crippen LogP contribution in [0.5, 0.6) is 0 Å². The molecule has 54 heavy (non-hydrogen) atoms. The first-order chi connectivity index (χ1) is 26.8. The van der Waals surface area contributed by atoms with Crippen LogP contribution in [-0.2, 0) is 21.2 Å². The highest BCUT2D eigenvalue weighted by Gasteiger charge is 2.81. The minimum Gasteiger partial charge on any atom is -0.350 e. The number of para-hydroxylation sites is 1. The van der Waals surface area contributed by atoms with Crippen LogP contribution in [0.2, 0.25) is 0 Å². The van der Waals surface area contributed by atoms with E-state index in [1.807, 2.05) is 90.4 Å². The summed E-state index contributed by atoms with van der Waals surface area (Å²) >= 11 is 1.55. The quantitative estimate of drug-likeness (QED) is 0.163. The molecule has 4 atom stereocenters. The number of fused-ring (bicyclic) bond motifs is 2. The Morgan fingerprint density at radius 3 is 2.20 bits per heavy atom. The monoisotopic (exact) mass is 719 g/mol. The summed E-state index contributed by atoms with van der Waals surface area (Å²) in [4.78, 5) is 37.3. The third-order valence-corrected chi connectivity index (χ3v) is 11.4. The van der Waals surface area contributed by atoms with E-state index in [0.29, 0.717) is 34.3 Å². The Bertz CT molecular complexity index is 2720. The number of nitrogens with zero attached hydrogens (tertiary/aromatic N) is 9. The second-order valence-electron chi connectivity index (χ2n) is 13.0. The van der Waals surface area contributed by atoms with Crippen molar-refractivity contribution in [1.29, 1.82) is 0 Å². The molecule has 4 unspecified atom stereocenters. The second kappa shape index (κ2) is 12.8. The minimum absolute atomic E-state index is 0.430. The van der Waals surface area contributed by atoms with Gasteiger partial charge in [-0.15, -0.1) is 11.3 Å². The molecule has 8 heterocycles. The largest absolute Gasteiger partial charge is 0.350 e. The van der Waals surface area contributed by atoms with Crippen molar-refractivity contribution in [3.63, 3.8) is 0 Å². The van der Waals surface area contributed by atoms with Gasteiger partial charge in [0.15, 0.2) is 5.60 Å². The second-order valence-corrected chi connectivity index (χ2v) is 14.0. The number of pyridine rings is 3. The number of aromatic nitrogens is 9. The van der Waals surface area contributed by atoms with Crippen LogP contribution in [0.15, 0.2) is 170 Å². The molecule has 7 aromatic heterocycles. The average Bonchev–Trinajstić information content (AvgIpc) is 3.90. The van der Waals surface area contributed by atoms with E-state index in [4.69, 9.17) is 39.7 Å². The summed E-state index contributed by atoms with van der Waals surface area (Å²) in [7, 11) is 0. The molecule has 0 bridgehead atoms. The molecule has 1 saturated heterocycles. The van der Waals surface area contributed by atoms with Gasteiger partial charge in [0.1, 0.15) is 22.8 Å². The molecule has 9 aromatic rings. The zero-order chi connectivity index (χ0) is 36.0. The fraction of sp³-hybridized carbons (Fsp3) is 0.0930. The molecule has 1 aliphatic rings. The van der Waals surface area contributed by atoms with Crippen molar-refractivity contribution in [2.45, 2.75) is 22.5 Å². The predicted octanol–water partition coefficient (Wildman–Crippen LogP) is 7.60. The lowest BCUT2D eigenvalue weighted by Gasteiger charge is -2.50. The molecule has 2 aromatic carbocycles. The van der Waals surface area contributed by atoms with Gasteiger partial charge in [-0.3, -0.25) is 24.9 Å². The zero-order valence-corrected chi connectivity index (χ0v) is 29.4. The van der Waals surface area contributed by atoms with Crippen LogP contribution in [0, 0.1) is 0 Å². The maximum Gasteiger partial charge on any atom is 0.166 e. The molecule has 0 N–H and O–H groups in total. The Labute approximate surface area is 313 Å². The van der Waals surface area contributed by atoms with Gasteiger partial charge >= 0.3 is 0 Å². The molecule has 0 radical (unpaired) electrons. The minimum atomic E-state index is -1.53. The summed E-state index contributed by atoms with van der Waals surface area (Å²) in [5, 5.41) is 14.1. The molecule has 0 amide bonds. The van der Waals surface area contributed by atoms with E-state index in [1.54, 1.807) is 54.7 Å². The number of rotatable bonds is 7. The Balaban J connectivity index is 1.55. The molecule has 1 fully saturated rings. The van der Waals surface area contributed by atoms with E-state index in [0.717, 1.165) is 26.6 Å². The van der Waals surface area contributed by atoms with Crippen molar-refractivity contribution in [1.82, 2.24) is 45.1 Å². The van der Waals surface area contributed by atoms with Gasteiger partial charge in [0.25, 0.3) is 0 Å². The summed E-state index contributed by atoms with van der Waals surface area (Å²) < 4.78 is 7.98. The van der Waals surface area contributed by atoms with E-state index < -0.39 is 22.5 Å². The van der Waals surface area contributed by atoms with Gasteiger partial charge in [0.2, 0.25) is 0 Å². The Morgan fingerprint density at radius 1 is 0.574 bits per heavy atom. The topological polar surface area (TPSA) is 125 Å². The van der Waals surface area contributed by atoms with Crippen LogP contribution < -0.4 is 0 Å². The third-order valence-electron chi connectivity index (χ3n) is 10.5. The summed E-state index contributed by atoms with van der Waals surface area (Å²) in [5.41, 5.74) is -0.649. The van der Waals surface area contributed by atoms with Crippen molar-refractivity contribution in [2.24, 2.45) is 0 Å². The highest BCUT2D eigenvalue weighted by atomic mass is 32.1. The van der Waals surface area contributed by atoms with Crippen molar-refractivity contribution < 1.29 is 4.74 Å². The van der Waals surface area contributed by atoms with E-state index in [1.165, 1.54) is 0 Å². The van der Waals surface area contributed by atoms with Crippen LogP contribution >= 0.6 is 11.3 Å². The Morgan fingerprint density at radius 2 is 1.41 bits per heavy atom. The first-order valence-corrected chi connectivity index (χ1v) is 18.3. The Kier molecular flexibility index (Phi) is 7.56. The van der Waals surface area contributed by atoms with Gasteiger partial charge in [-0.25, -0.2) is 9.97 Å². The fourth-order valence-corrected chi connectivity index (χ4v) is 9.45. The van der Waals surface area contributed by atoms with Crippen molar-refractivity contribution >= 4 is 33.0 Å². The third kappa shape index (κ3) is 4.39. The normalized spacial score (nSPS) is 22.4. The molecular weight excluding hydrogens is 691 g/mol. The van der Waals surface area contributed by atoms with E-state index in [9.17, 15) is 0 Å². The summed E-state index contributed by atoms with van der Waals surface area (Å²) in [6.45, 7) is 0. The lowest BCUT2D eigenvalue weighted by Crippen LogP contribution is -2.60. The molecular formula is C43H29N9OS. The SMILES string of the molecule is c1ccc(C2(c3ccc4ccccc4n3)C(c3cccnn3)OC(c3cnccn3)(c3cccs3)C2(c2ncccn2)c2nccc3ccccc23)nc1. The van der Waals surface area contributed by atoms with E-state index >= 15 is 0 Å². The predicted molar refractivity (Wildman–Crippen MR) is 204 cm³/mol. The average molecular weight is 720 g/mol. The highest BCUT2D eigenvalue weighted by Crippen LogP contribution is 2.73. The van der Waals surface area contributed by atoms with Gasteiger partial charge in [-0.2, -0.15) is 10.2 Å². The zero-order valence-electron chi connectivity index (χ0n) is 28.6. The van der Waals surface area contributed by atoms with Gasteiger partial charge < -0.3 is 4.74 Å². The molecule has 10 rings (SSSR count). The summed E-state index contributed by atoms with van der Waals surface area (Å²) in [6.07, 6.45) is 13.0. The summed E-state index contributed by atoms with van der Waals surface area (Å²) in [5.74, 6) is 0.430. The van der Waals surface area contributed by atoms with Crippen molar-refractivity contribution in [2.75, 3.05) is 0 Å². The van der Waals surface area contributed by atoms with E-state index in [2.05, 4.69) is 46.5 Å². The number of benzene rings is 2. The van der Waals surface area contributed by atoms with Crippen molar-refractivity contribution in [3.05, 3.63) is 209 Å². The van der Waals surface area contributed by atoms with E-state index in [-0.39, 0.29) is 0 Å². The van der Waals surface area contributed by atoms with Crippen LogP contribution in [-0.4, -0.2) is 45.1 Å². The number of hydrogen-bond acceptors (Lipinski definition) is 11. The van der Waals surface area contributed by atoms with Crippen LogP contribution in [0.1, 0.15) is 45.3 Å². The van der Waals surface area contributed by atoms with Crippen LogP contribution in [0.4, 0.5) is 0 Å². The standard InChI is InChI=1S/C43H29N9OS/c1-3-12-31-29(10-1)19-24-47-38(31)42(40-48-21-9-22-49-40)41(34-15-5-6-20-45-34,35-18-17-30-11-2-4-13-32(30)51-35)39(33-14-7-23-50-52-33)53-43(42,37-16-8-27-54-37)36-28-44-25-26-46-36/h1-28,39H. The van der Waals surface area contributed by atoms with Crippen molar-refractivity contribution in [3.8, 4) is 0 Å². The fourth-order valence-electron chi connectivity index (χ4n) is 8.51. The van der Waals surface area contributed by atoms with Gasteiger partial charge in [-0.05, 0) is 65.4 Å². The summed E-state index contributed by atoms with van der Waals surface area (Å²) in [6, 6.07) is 38.1. The first-order valence-electron chi connectivity index (χ1n) is 17.4. The smallest absolute Gasteiger partial charge is 0.166 e. The lowest BCUT2D eigenvalue weighted by molar-refractivity contribution is -0.0423. The molecule has 0 aliphatic carbocycles. The number of thiophene rings is 1. The maximum absolute atomic E-state index is 7.98. The number of hydrogen-bond donors (Lipinski definition) is 0. The maximum atomic E-state index is 7.98.